The van der Waals surface area contributed by atoms with E-state index < -0.39 is 4.92 Å². The summed E-state index contributed by atoms with van der Waals surface area (Å²) in [6.07, 6.45) is 0. The predicted octanol–water partition coefficient (Wildman–Crippen LogP) is 2.92. The standard InChI is InChI=1S/C17H19N3O4/c1-18-15-8-7-13(10-16(15)20(22)23)17(21)19(2)11-12-5-4-6-14(9-12)24-3/h4-10,18H,11H2,1-3H3. The average molecular weight is 329 g/mol. The minimum absolute atomic E-state index is 0.127. The highest BCUT2D eigenvalue weighted by atomic mass is 16.6. The molecule has 126 valence electrons. The summed E-state index contributed by atoms with van der Waals surface area (Å²) >= 11 is 0. The zero-order valence-electron chi connectivity index (χ0n) is 13.8. The number of nitro benzene ring substituents is 1. The van der Waals surface area contributed by atoms with Crippen molar-refractivity contribution in [1.82, 2.24) is 4.90 Å². The normalized spacial score (nSPS) is 10.1. The summed E-state index contributed by atoms with van der Waals surface area (Å²) in [5.74, 6) is 0.422. The third kappa shape index (κ3) is 3.81. The van der Waals surface area contributed by atoms with Gasteiger partial charge < -0.3 is 15.0 Å². The maximum absolute atomic E-state index is 12.5. The molecular formula is C17H19N3O4. The summed E-state index contributed by atoms with van der Waals surface area (Å²) in [7, 11) is 4.83. The molecule has 0 spiro atoms. The lowest BCUT2D eigenvalue weighted by atomic mass is 10.1. The summed E-state index contributed by atoms with van der Waals surface area (Å²) in [5, 5.41) is 13.9. The van der Waals surface area contributed by atoms with Crippen LogP contribution in [0.2, 0.25) is 0 Å². The van der Waals surface area contributed by atoms with Crippen LogP contribution in [-0.4, -0.2) is 36.9 Å². The largest absolute Gasteiger partial charge is 0.497 e. The summed E-state index contributed by atoms with van der Waals surface area (Å²) in [6, 6.07) is 11.8. The van der Waals surface area contributed by atoms with Gasteiger partial charge in [-0.2, -0.15) is 0 Å². The Morgan fingerprint density at radius 3 is 2.67 bits per heavy atom. The molecule has 2 aromatic carbocycles. The Bertz CT molecular complexity index is 761. The Labute approximate surface area is 140 Å². The van der Waals surface area contributed by atoms with Gasteiger partial charge in [-0.3, -0.25) is 14.9 Å². The van der Waals surface area contributed by atoms with Crippen LogP contribution in [0.15, 0.2) is 42.5 Å². The van der Waals surface area contributed by atoms with Gasteiger partial charge in [0.2, 0.25) is 0 Å². The molecule has 1 amide bonds. The SMILES string of the molecule is CNc1ccc(C(=O)N(C)Cc2cccc(OC)c2)cc1[N+](=O)[O-]. The number of amides is 1. The number of carbonyl (C=O) groups excluding carboxylic acids is 1. The van der Waals surface area contributed by atoms with Gasteiger partial charge in [-0.15, -0.1) is 0 Å². The van der Waals surface area contributed by atoms with Crippen LogP contribution in [0.3, 0.4) is 0 Å². The third-order valence-electron chi connectivity index (χ3n) is 3.61. The first kappa shape index (κ1) is 17.3. The van der Waals surface area contributed by atoms with Gasteiger partial charge in [0.1, 0.15) is 11.4 Å². The van der Waals surface area contributed by atoms with Gasteiger partial charge in [0.25, 0.3) is 11.6 Å². The van der Waals surface area contributed by atoms with E-state index in [1.54, 1.807) is 27.3 Å². The second-order valence-corrected chi connectivity index (χ2v) is 5.25. The molecule has 24 heavy (non-hydrogen) atoms. The van der Waals surface area contributed by atoms with Crippen LogP contribution in [0.5, 0.6) is 5.75 Å². The summed E-state index contributed by atoms with van der Waals surface area (Å²) < 4.78 is 5.16. The van der Waals surface area contributed by atoms with E-state index in [0.29, 0.717) is 18.0 Å². The number of methoxy groups -OCH3 is 1. The molecule has 0 saturated carbocycles. The van der Waals surface area contributed by atoms with Gasteiger partial charge >= 0.3 is 0 Å². The number of hydrogen-bond acceptors (Lipinski definition) is 5. The highest BCUT2D eigenvalue weighted by Crippen LogP contribution is 2.25. The van der Waals surface area contributed by atoms with Gasteiger partial charge in [0.15, 0.2) is 0 Å². The quantitative estimate of drug-likeness (QED) is 0.650. The number of ether oxygens (including phenoxy) is 1. The molecule has 1 N–H and O–H groups in total. The van der Waals surface area contributed by atoms with Gasteiger partial charge in [-0.1, -0.05) is 12.1 Å². The lowest BCUT2D eigenvalue weighted by Gasteiger charge is -2.18. The number of hydrogen-bond donors (Lipinski definition) is 1. The molecule has 0 aliphatic heterocycles. The molecule has 0 radical (unpaired) electrons. The van der Waals surface area contributed by atoms with E-state index in [9.17, 15) is 14.9 Å². The lowest BCUT2D eigenvalue weighted by molar-refractivity contribution is -0.384. The maximum Gasteiger partial charge on any atom is 0.293 e. The van der Waals surface area contributed by atoms with Crippen molar-refractivity contribution in [2.24, 2.45) is 0 Å². The number of carbonyl (C=O) groups is 1. The molecule has 0 heterocycles. The van der Waals surface area contributed by atoms with Crippen molar-refractivity contribution in [3.05, 3.63) is 63.7 Å². The average Bonchev–Trinajstić information content (AvgIpc) is 2.60. The van der Waals surface area contributed by atoms with E-state index in [1.807, 2.05) is 24.3 Å². The van der Waals surface area contributed by atoms with E-state index >= 15 is 0 Å². The maximum atomic E-state index is 12.5. The van der Waals surface area contributed by atoms with Crippen molar-refractivity contribution in [3.63, 3.8) is 0 Å². The molecule has 0 fully saturated rings. The van der Waals surface area contributed by atoms with Crippen LogP contribution in [-0.2, 0) is 6.54 Å². The molecule has 0 aliphatic rings. The molecule has 2 aromatic rings. The number of nitrogens with zero attached hydrogens (tertiary/aromatic N) is 2. The van der Waals surface area contributed by atoms with E-state index in [0.717, 1.165) is 5.56 Å². The monoisotopic (exact) mass is 329 g/mol. The topological polar surface area (TPSA) is 84.7 Å². The molecule has 2 rings (SSSR count). The highest BCUT2D eigenvalue weighted by molar-refractivity contribution is 5.95. The summed E-state index contributed by atoms with van der Waals surface area (Å²) in [4.78, 5) is 24.6. The predicted molar refractivity (Wildman–Crippen MR) is 91.4 cm³/mol. The van der Waals surface area contributed by atoms with Crippen molar-refractivity contribution in [3.8, 4) is 5.75 Å². The number of benzene rings is 2. The Morgan fingerprint density at radius 2 is 2.04 bits per heavy atom. The molecule has 7 nitrogen and oxygen atoms in total. The first-order chi connectivity index (χ1) is 11.5. The molecule has 0 saturated heterocycles. The number of rotatable bonds is 6. The molecule has 0 atom stereocenters. The number of nitro groups is 1. The van der Waals surface area contributed by atoms with Crippen LogP contribution < -0.4 is 10.1 Å². The van der Waals surface area contributed by atoms with E-state index in [1.165, 1.54) is 17.0 Å². The summed E-state index contributed by atoms with van der Waals surface area (Å²) in [6.45, 7) is 0.373. The molecule has 7 heteroatoms. The fourth-order valence-electron chi connectivity index (χ4n) is 2.36. The van der Waals surface area contributed by atoms with Gasteiger partial charge in [-0.25, -0.2) is 0 Å². The Morgan fingerprint density at radius 1 is 1.29 bits per heavy atom. The zero-order valence-corrected chi connectivity index (χ0v) is 13.8. The van der Waals surface area contributed by atoms with Gasteiger partial charge in [0.05, 0.1) is 12.0 Å². The van der Waals surface area contributed by atoms with E-state index in [2.05, 4.69) is 5.32 Å². The van der Waals surface area contributed by atoms with E-state index in [-0.39, 0.29) is 17.2 Å². The highest BCUT2D eigenvalue weighted by Gasteiger charge is 2.19. The van der Waals surface area contributed by atoms with Crippen molar-refractivity contribution in [1.29, 1.82) is 0 Å². The minimum atomic E-state index is -0.509. The number of anilines is 1. The Balaban J connectivity index is 2.21. The third-order valence-corrected chi connectivity index (χ3v) is 3.61. The second-order valence-electron chi connectivity index (χ2n) is 5.25. The minimum Gasteiger partial charge on any atom is -0.497 e. The smallest absolute Gasteiger partial charge is 0.293 e. The van der Waals surface area contributed by atoms with Gasteiger partial charge in [-0.05, 0) is 29.8 Å². The molecule has 0 aromatic heterocycles. The van der Waals surface area contributed by atoms with Gasteiger partial charge in [0, 0.05) is 32.3 Å². The molecular weight excluding hydrogens is 310 g/mol. The van der Waals surface area contributed by atoms with Crippen molar-refractivity contribution >= 4 is 17.3 Å². The molecule has 0 aliphatic carbocycles. The Hall–Kier alpha value is -3.09. The Kier molecular flexibility index (Phi) is 5.36. The first-order valence-electron chi connectivity index (χ1n) is 7.31. The fraction of sp³-hybridized carbons (Fsp3) is 0.235. The van der Waals surface area contributed by atoms with Crippen LogP contribution in [0.25, 0.3) is 0 Å². The second kappa shape index (κ2) is 7.45. The first-order valence-corrected chi connectivity index (χ1v) is 7.31. The fourth-order valence-corrected chi connectivity index (χ4v) is 2.36. The van der Waals surface area contributed by atoms with E-state index in [4.69, 9.17) is 4.74 Å². The van der Waals surface area contributed by atoms with Crippen LogP contribution in [0.1, 0.15) is 15.9 Å². The number of nitrogens with one attached hydrogen (secondary N) is 1. The van der Waals surface area contributed by atoms with Crippen LogP contribution in [0.4, 0.5) is 11.4 Å². The molecule has 0 bridgehead atoms. The molecule has 0 unspecified atom stereocenters. The lowest BCUT2D eigenvalue weighted by Crippen LogP contribution is -2.26. The van der Waals surface area contributed by atoms with Crippen molar-refractivity contribution < 1.29 is 14.5 Å². The zero-order chi connectivity index (χ0) is 17.7. The van der Waals surface area contributed by atoms with Crippen molar-refractivity contribution in [2.75, 3.05) is 26.5 Å². The van der Waals surface area contributed by atoms with Crippen LogP contribution in [0, 0.1) is 10.1 Å². The van der Waals surface area contributed by atoms with Crippen molar-refractivity contribution in [2.45, 2.75) is 6.54 Å². The van der Waals surface area contributed by atoms with Crippen LogP contribution >= 0.6 is 0 Å². The summed E-state index contributed by atoms with van der Waals surface area (Å²) in [5.41, 5.74) is 1.42.